The Labute approximate surface area is 92.9 Å². The number of imidazole rings is 1. The quantitative estimate of drug-likeness (QED) is 0.684. The van der Waals surface area contributed by atoms with Gasteiger partial charge >= 0.3 is 0 Å². The van der Waals surface area contributed by atoms with E-state index in [4.69, 9.17) is 0 Å². The number of aromatic nitrogens is 4. The van der Waals surface area contributed by atoms with Gasteiger partial charge in [0.1, 0.15) is 11.8 Å². The summed E-state index contributed by atoms with van der Waals surface area (Å²) in [5.41, 5.74) is 1.60. The lowest BCUT2D eigenvalue weighted by Gasteiger charge is -2.24. The highest BCUT2D eigenvalue weighted by atomic mass is 15.1. The molecular weight excluding hydrogens is 204 g/mol. The van der Waals surface area contributed by atoms with Gasteiger partial charge in [-0.15, -0.1) is 0 Å². The predicted octanol–water partition coefficient (Wildman–Crippen LogP) is 0.517. The smallest absolute Gasteiger partial charge is 0.162 e. The summed E-state index contributed by atoms with van der Waals surface area (Å²) >= 11 is 0. The highest BCUT2D eigenvalue weighted by Gasteiger charge is 2.15. The molecule has 3 rings (SSSR count). The van der Waals surface area contributed by atoms with Crippen LogP contribution < -0.4 is 10.6 Å². The summed E-state index contributed by atoms with van der Waals surface area (Å²) in [6.45, 7) is 2.12. The van der Waals surface area contributed by atoms with Crippen molar-refractivity contribution in [2.45, 2.75) is 18.9 Å². The molecule has 1 aliphatic heterocycles. The zero-order chi connectivity index (χ0) is 10.8. The van der Waals surface area contributed by atoms with E-state index in [0.717, 1.165) is 42.9 Å². The number of hydrogen-bond acceptors (Lipinski definition) is 5. The topological polar surface area (TPSA) is 78.5 Å². The minimum absolute atomic E-state index is 0.482. The summed E-state index contributed by atoms with van der Waals surface area (Å²) in [4.78, 5) is 15.6. The maximum Gasteiger partial charge on any atom is 0.162 e. The summed E-state index contributed by atoms with van der Waals surface area (Å²) in [5.74, 6) is 0.832. The Morgan fingerprint density at radius 1 is 1.19 bits per heavy atom. The van der Waals surface area contributed by atoms with E-state index in [9.17, 15) is 0 Å². The fraction of sp³-hybridized carbons (Fsp3) is 0.500. The lowest BCUT2D eigenvalue weighted by molar-refractivity contribution is 0.478. The number of rotatable bonds is 2. The minimum atomic E-state index is 0.482. The highest BCUT2D eigenvalue weighted by molar-refractivity contribution is 5.82. The molecule has 0 amide bonds. The maximum absolute atomic E-state index is 4.25. The van der Waals surface area contributed by atoms with Crippen LogP contribution >= 0.6 is 0 Å². The van der Waals surface area contributed by atoms with Crippen LogP contribution in [0.3, 0.4) is 0 Å². The van der Waals surface area contributed by atoms with Crippen LogP contribution in [0, 0.1) is 0 Å². The van der Waals surface area contributed by atoms with Crippen LogP contribution in [0.5, 0.6) is 0 Å². The molecule has 2 aromatic heterocycles. The Hall–Kier alpha value is -1.69. The van der Waals surface area contributed by atoms with Crippen LogP contribution in [0.4, 0.5) is 5.82 Å². The molecule has 84 valence electrons. The summed E-state index contributed by atoms with van der Waals surface area (Å²) in [5, 5.41) is 6.77. The number of piperidine rings is 1. The van der Waals surface area contributed by atoms with Crippen molar-refractivity contribution in [3.8, 4) is 0 Å². The fourth-order valence-corrected chi connectivity index (χ4v) is 2.03. The number of H-pyrrole nitrogens is 1. The van der Waals surface area contributed by atoms with Gasteiger partial charge in [0.2, 0.25) is 0 Å². The fourth-order valence-electron chi connectivity index (χ4n) is 2.03. The third-order valence-corrected chi connectivity index (χ3v) is 2.90. The Balaban J connectivity index is 1.85. The number of fused-ring (bicyclic) bond motifs is 1. The second-order valence-corrected chi connectivity index (χ2v) is 3.99. The molecule has 0 unspecified atom stereocenters. The molecule has 2 aromatic rings. The van der Waals surface area contributed by atoms with Crippen molar-refractivity contribution in [2.75, 3.05) is 18.4 Å². The van der Waals surface area contributed by atoms with Crippen LogP contribution in [0.25, 0.3) is 11.2 Å². The van der Waals surface area contributed by atoms with E-state index >= 15 is 0 Å². The molecule has 1 aliphatic rings. The minimum Gasteiger partial charge on any atom is -0.365 e. The number of nitrogens with one attached hydrogen (secondary N) is 3. The molecule has 0 aliphatic carbocycles. The molecule has 1 saturated heterocycles. The summed E-state index contributed by atoms with van der Waals surface area (Å²) < 4.78 is 0. The average Bonchev–Trinajstić information content (AvgIpc) is 2.80. The Morgan fingerprint density at radius 2 is 2.06 bits per heavy atom. The second kappa shape index (κ2) is 4.05. The molecule has 0 saturated carbocycles. The van der Waals surface area contributed by atoms with E-state index in [-0.39, 0.29) is 0 Å². The lowest BCUT2D eigenvalue weighted by atomic mass is 10.1. The van der Waals surface area contributed by atoms with Gasteiger partial charge in [-0.1, -0.05) is 0 Å². The van der Waals surface area contributed by atoms with Crippen molar-refractivity contribution in [1.29, 1.82) is 0 Å². The van der Waals surface area contributed by atoms with E-state index in [1.165, 1.54) is 0 Å². The first-order chi connectivity index (χ1) is 7.93. The van der Waals surface area contributed by atoms with Gasteiger partial charge < -0.3 is 15.6 Å². The van der Waals surface area contributed by atoms with Crippen molar-refractivity contribution >= 4 is 17.0 Å². The molecule has 16 heavy (non-hydrogen) atoms. The average molecular weight is 218 g/mol. The van der Waals surface area contributed by atoms with E-state index in [0.29, 0.717) is 6.04 Å². The van der Waals surface area contributed by atoms with Crippen LogP contribution in [-0.2, 0) is 0 Å². The van der Waals surface area contributed by atoms with Gasteiger partial charge in [0, 0.05) is 6.04 Å². The second-order valence-electron chi connectivity index (χ2n) is 3.99. The molecule has 0 atom stereocenters. The number of anilines is 1. The third kappa shape index (κ3) is 1.71. The standard InChI is InChI=1S/C10H14N6/c1-3-11-4-2-7(1)16-10-8-9(13-5-12-8)14-6-15-10/h5-7,11H,1-4H2,(H2,12,13,14,15,16). The van der Waals surface area contributed by atoms with Gasteiger partial charge in [-0.25, -0.2) is 15.0 Å². The first-order valence-electron chi connectivity index (χ1n) is 5.55. The van der Waals surface area contributed by atoms with Gasteiger partial charge in [0.25, 0.3) is 0 Å². The van der Waals surface area contributed by atoms with Crippen molar-refractivity contribution in [1.82, 2.24) is 25.3 Å². The van der Waals surface area contributed by atoms with Gasteiger partial charge in [0.05, 0.1) is 6.33 Å². The Bertz CT molecular complexity index is 473. The van der Waals surface area contributed by atoms with Gasteiger partial charge in [-0.3, -0.25) is 0 Å². The zero-order valence-electron chi connectivity index (χ0n) is 8.90. The van der Waals surface area contributed by atoms with E-state index in [1.54, 1.807) is 12.7 Å². The Kier molecular flexibility index (Phi) is 2.41. The van der Waals surface area contributed by atoms with Crippen LogP contribution in [-0.4, -0.2) is 39.1 Å². The molecule has 1 fully saturated rings. The monoisotopic (exact) mass is 218 g/mol. The van der Waals surface area contributed by atoms with Crippen molar-refractivity contribution in [3.63, 3.8) is 0 Å². The highest BCUT2D eigenvalue weighted by Crippen LogP contribution is 2.17. The largest absolute Gasteiger partial charge is 0.365 e. The molecule has 3 heterocycles. The lowest BCUT2D eigenvalue weighted by Crippen LogP contribution is -2.35. The summed E-state index contributed by atoms with van der Waals surface area (Å²) in [7, 11) is 0. The van der Waals surface area contributed by atoms with Crippen molar-refractivity contribution in [3.05, 3.63) is 12.7 Å². The molecule has 0 aromatic carbocycles. The number of aromatic amines is 1. The molecule has 0 spiro atoms. The third-order valence-electron chi connectivity index (χ3n) is 2.90. The van der Waals surface area contributed by atoms with Crippen LogP contribution in [0.2, 0.25) is 0 Å². The molecule has 6 heteroatoms. The maximum atomic E-state index is 4.25. The first-order valence-corrected chi connectivity index (χ1v) is 5.55. The summed E-state index contributed by atoms with van der Waals surface area (Å²) in [6.07, 6.45) is 5.45. The van der Waals surface area contributed by atoms with Crippen molar-refractivity contribution in [2.24, 2.45) is 0 Å². The summed E-state index contributed by atoms with van der Waals surface area (Å²) in [6, 6.07) is 0.482. The van der Waals surface area contributed by atoms with Gasteiger partial charge in [0.15, 0.2) is 11.5 Å². The van der Waals surface area contributed by atoms with E-state index in [1.807, 2.05) is 0 Å². The van der Waals surface area contributed by atoms with Gasteiger partial charge in [-0.05, 0) is 25.9 Å². The zero-order valence-corrected chi connectivity index (χ0v) is 8.90. The molecule has 0 bridgehead atoms. The normalized spacial score (nSPS) is 17.8. The molecule has 0 radical (unpaired) electrons. The Morgan fingerprint density at radius 3 is 2.94 bits per heavy atom. The SMILES string of the molecule is c1nc(NC2CCNCC2)c2nc[nH]c2n1. The predicted molar refractivity (Wildman–Crippen MR) is 61.2 cm³/mol. The first kappa shape index (κ1) is 9.53. The molecule has 3 N–H and O–H groups in total. The van der Waals surface area contributed by atoms with E-state index in [2.05, 4.69) is 30.6 Å². The van der Waals surface area contributed by atoms with E-state index < -0.39 is 0 Å². The van der Waals surface area contributed by atoms with Crippen LogP contribution in [0.15, 0.2) is 12.7 Å². The number of nitrogens with zero attached hydrogens (tertiary/aromatic N) is 3. The molecule has 6 nitrogen and oxygen atoms in total. The van der Waals surface area contributed by atoms with Crippen LogP contribution in [0.1, 0.15) is 12.8 Å². The van der Waals surface area contributed by atoms with Gasteiger partial charge in [-0.2, -0.15) is 0 Å². The molecular formula is C10H14N6. The van der Waals surface area contributed by atoms with Crippen molar-refractivity contribution < 1.29 is 0 Å². The number of hydrogen-bond donors (Lipinski definition) is 3.